The molecule has 22 heteroatoms. The number of aromatic hydroxyl groups is 1. The summed E-state index contributed by atoms with van der Waals surface area (Å²) in [6, 6.07) is 9.77. The van der Waals surface area contributed by atoms with E-state index in [1.165, 1.54) is 56.3 Å². The third-order valence-electron chi connectivity index (χ3n) is 6.86. The summed E-state index contributed by atoms with van der Waals surface area (Å²) < 4.78 is 112. The first-order valence-electron chi connectivity index (χ1n) is 14.7. The second-order valence-corrected chi connectivity index (χ2v) is 13.7. The molecule has 55 heavy (non-hydrogen) atoms. The molecule has 0 spiro atoms. The minimum Gasteiger partial charge on any atom is -0.505 e. The highest BCUT2D eigenvalue weighted by atomic mass is 127. The number of aromatic nitrogens is 6. The summed E-state index contributed by atoms with van der Waals surface area (Å²) in [5.74, 6) is -10.3. The number of hydrogen-bond acceptors (Lipinski definition) is 10. The molecule has 12 nitrogen and oxygen atoms in total. The second kappa shape index (κ2) is 18.0. The average Bonchev–Trinajstić information content (AvgIpc) is 3.73. The molecule has 0 aliphatic rings. The first-order chi connectivity index (χ1) is 26.2. The number of halogens is 10. The van der Waals surface area contributed by atoms with Gasteiger partial charge in [-0.1, -0.05) is 11.6 Å². The number of methoxy groups -OCH3 is 3. The molecule has 0 amide bonds. The van der Waals surface area contributed by atoms with Crippen molar-refractivity contribution in [3.63, 3.8) is 0 Å². The third-order valence-corrected chi connectivity index (χ3v) is 9.10. The van der Waals surface area contributed by atoms with Gasteiger partial charge in [0.2, 0.25) is 40.8 Å². The van der Waals surface area contributed by atoms with Crippen molar-refractivity contribution in [2.75, 3.05) is 21.3 Å². The highest BCUT2D eigenvalue weighted by Gasteiger charge is 2.21. The fraction of sp³-hybridized carbons (Fsp3) is 0.0909. The molecular weight excluding hydrogens is 1060 g/mol. The van der Waals surface area contributed by atoms with Crippen LogP contribution in [0.1, 0.15) is 0 Å². The van der Waals surface area contributed by atoms with Crippen molar-refractivity contribution < 1.29 is 55.1 Å². The molecule has 0 saturated heterocycles. The van der Waals surface area contributed by atoms with Crippen molar-refractivity contribution in [3.8, 4) is 46.1 Å². The summed E-state index contributed by atoms with van der Waals surface area (Å²) >= 11 is 13.2. The number of fused-ring (bicyclic) bond motifs is 2. The summed E-state index contributed by atoms with van der Waals surface area (Å²) in [5, 5.41) is 17.3. The number of phenols is 1. The van der Waals surface area contributed by atoms with Crippen LogP contribution in [0.15, 0.2) is 65.4 Å². The Morgan fingerprint density at radius 3 is 1.58 bits per heavy atom. The van der Waals surface area contributed by atoms with Crippen molar-refractivity contribution in [2.45, 2.75) is 0 Å². The molecule has 0 aliphatic heterocycles. The second-order valence-electron chi connectivity index (χ2n) is 10.2. The maximum atomic E-state index is 14.4. The van der Waals surface area contributed by atoms with Crippen LogP contribution in [0.2, 0.25) is 5.15 Å². The molecule has 4 aromatic heterocycles. The van der Waals surface area contributed by atoms with Gasteiger partial charge in [-0.05, 0) is 104 Å². The molecule has 0 fully saturated rings. The summed E-state index contributed by atoms with van der Waals surface area (Å²) in [4.78, 5) is 8.27. The Balaban J connectivity index is 0.000000204. The Morgan fingerprint density at radius 1 is 0.600 bits per heavy atom. The molecular formula is C33H20BrClF6I2N6O6. The van der Waals surface area contributed by atoms with Crippen molar-refractivity contribution in [1.82, 2.24) is 29.2 Å². The standard InChI is InChI=1S/C20H12F4IN3O4.C7H6F2O2.C6H2BrClIN3/c1-29-9-3-5-11(18(23)16(9)21)31-13-7-15(27-28-14(25)8-26-20(13)28)32-12-6-4-10(30-2)17(22)19(12)24;1-11-5-3-2-4(10)6(8)7(5)9;7-3-1-4(8)11-12-5(9)2-10-6(3)12/h3-8H,1-2H3;2-3,10H,1H3;1-2H. The van der Waals surface area contributed by atoms with Crippen molar-refractivity contribution >= 4 is 84.0 Å². The SMILES string of the molecule is COc1ccc(O)c(F)c1F.COc1ccc(Oc2cc(Oc3ccc(OC)c(F)c3F)c3ncc(I)n3n2)c(F)c1F.Clc1cc(Br)c2ncc(I)n2n1. The van der Waals surface area contributed by atoms with Gasteiger partial charge >= 0.3 is 0 Å². The number of ether oxygens (including phenoxy) is 5. The molecule has 0 saturated carbocycles. The predicted octanol–water partition coefficient (Wildman–Crippen LogP) is 9.92. The zero-order valence-corrected chi connectivity index (χ0v) is 34.4. The summed E-state index contributed by atoms with van der Waals surface area (Å²) in [6.07, 6.45) is 3.18. The molecule has 1 N–H and O–H groups in total. The van der Waals surface area contributed by atoms with E-state index in [1.54, 1.807) is 16.8 Å². The summed E-state index contributed by atoms with van der Waals surface area (Å²) in [6.45, 7) is 0. The van der Waals surface area contributed by atoms with E-state index < -0.39 is 52.2 Å². The van der Waals surface area contributed by atoms with E-state index >= 15 is 0 Å². The fourth-order valence-electron chi connectivity index (χ4n) is 4.30. The molecule has 0 unspecified atom stereocenters. The minimum absolute atomic E-state index is 0.0734. The van der Waals surface area contributed by atoms with Crippen LogP contribution in [0.4, 0.5) is 26.3 Å². The maximum Gasteiger partial charge on any atom is 0.241 e. The van der Waals surface area contributed by atoms with E-state index in [1.807, 2.05) is 22.6 Å². The normalized spacial score (nSPS) is 10.7. The number of imidazole rings is 2. The first kappa shape index (κ1) is 41.7. The molecule has 3 aromatic carbocycles. The topological polar surface area (TPSA) is 127 Å². The quantitative estimate of drug-likeness (QED) is 0.122. The van der Waals surface area contributed by atoms with E-state index in [0.717, 1.165) is 32.0 Å². The Kier molecular flexibility index (Phi) is 13.6. The van der Waals surface area contributed by atoms with Crippen molar-refractivity contribution in [2.24, 2.45) is 0 Å². The van der Waals surface area contributed by atoms with Crippen LogP contribution in [0.25, 0.3) is 11.3 Å². The maximum absolute atomic E-state index is 14.4. The van der Waals surface area contributed by atoms with E-state index in [9.17, 15) is 26.3 Å². The zero-order valence-electron chi connectivity index (χ0n) is 27.7. The lowest BCUT2D eigenvalue weighted by Crippen LogP contribution is -2.03. The van der Waals surface area contributed by atoms with Gasteiger partial charge in [-0.2, -0.15) is 31.4 Å². The predicted molar refractivity (Wildman–Crippen MR) is 205 cm³/mol. The number of nitrogens with zero attached hydrogens (tertiary/aromatic N) is 6. The van der Waals surface area contributed by atoms with Crippen molar-refractivity contribution in [3.05, 3.63) is 113 Å². The van der Waals surface area contributed by atoms with Gasteiger partial charge < -0.3 is 28.8 Å². The lowest BCUT2D eigenvalue weighted by molar-refractivity contribution is 0.351. The van der Waals surface area contributed by atoms with Gasteiger partial charge in [0, 0.05) is 6.07 Å². The number of benzene rings is 3. The summed E-state index contributed by atoms with van der Waals surface area (Å²) in [5.41, 5.74) is 0.933. The molecule has 288 valence electrons. The van der Waals surface area contributed by atoms with Crippen LogP contribution in [0, 0.1) is 42.3 Å². The Morgan fingerprint density at radius 2 is 1.04 bits per heavy atom. The van der Waals surface area contributed by atoms with E-state index in [0.29, 0.717) is 8.85 Å². The van der Waals surface area contributed by atoms with E-state index in [4.69, 9.17) is 35.7 Å². The van der Waals surface area contributed by atoms with Gasteiger partial charge in [0.15, 0.2) is 56.7 Å². The van der Waals surface area contributed by atoms with Crippen LogP contribution in [-0.4, -0.2) is 55.6 Å². The molecule has 4 heterocycles. The van der Waals surface area contributed by atoms with Gasteiger partial charge in [-0.25, -0.2) is 19.0 Å². The highest BCUT2D eigenvalue weighted by molar-refractivity contribution is 14.1. The van der Waals surface area contributed by atoms with E-state index in [2.05, 4.69) is 63.4 Å². The first-order valence-corrected chi connectivity index (χ1v) is 18.0. The average molecular weight is 1080 g/mol. The van der Waals surface area contributed by atoms with Crippen LogP contribution in [0.5, 0.6) is 46.1 Å². The zero-order chi connectivity index (χ0) is 40.1. The lowest BCUT2D eigenvalue weighted by Gasteiger charge is -2.12. The van der Waals surface area contributed by atoms with Gasteiger partial charge in [-0.3, -0.25) is 0 Å². The molecule has 7 rings (SSSR count). The Hall–Kier alpha value is -4.49. The van der Waals surface area contributed by atoms with Crippen LogP contribution >= 0.6 is 72.7 Å². The molecule has 0 bridgehead atoms. The van der Waals surface area contributed by atoms with Crippen LogP contribution in [-0.2, 0) is 0 Å². The summed E-state index contributed by atoms with van der Waals surface area (Å²) in [7, 11) is 3.61. The fourth-order valence-corrected chi connectivity index (χ4v) is 6.06. The monoisotopic (exact) mass is 1080 g/mol. The van der Waals surface area contributed by atoms with Gasteiger partial charge in [0.25, 0.3) is 0 Å². The van der Waals surface area contributed by atoms with Crippen molar-refractivity contribution in [1.29, 1.82) is 0 Å². The van der Waals surface area contributed by atoms with Crippen LogP contribution < -0.4 is 23.7 Å². The highest BCUT2D eigenvalue weighted by Crippen LogP contribution is 2.36. The Labute approximate surface area is 346 Å². The Bertz CT molecular complexity index is 2530. The lowest BCUT2D eigenvalue weighted by atomic mass is 10.3. The van der Waals surface area contributed by atoms with Gasteiger partial charge in [0.05, 0.1) is 38.2 Å². The third kappa shape index (κ3) is 9.15. The number of rotatable bonds is 7. The largest absolute Gasteiger partial charge is 0.505 e. The number of hydrogen-bond donors (Lipinski definition) is 1. The smallest absolute Gasteiger partial charge is 0.241 e. The van der Waals surface area contributed by atoms with E-state index in [-0.39, 0.29) is 34.5 Å². The minimum atomic E-state index is -1.29. The molecule has 0 atom stereocenters. The molecule has 0 aliphatic carbocycles. The van der Waals surface area contributed by atoms with Gasteiger partial charge in [0.1, 0.15) is 7.40 Å². The number of phenolic OH excluding ortho intramolecular Hbond substituents is 1. The molecule has 0 radical (unpaired) electrons. The molecule has 7 aromatic rings. The van der Waals surface area contributed by atoms with Gasteiger partial charge in [-0.15, -0.1) is 5.10 Å². The van der Waals surface area contributed by atoms with Crippen LogP contribution in [0.3, 0.4) is 0 Å².